The van der Waals surface area contributed by atoms with Crippen LogP contribution < -0.4 is 10.6 Å². The summed E-state index contributed by atoms with van der Waals surface area (Å²) >= 11 is 1.59. The maximum atomic E-state index is 13.3. The minimum absolute atomic E-state index is 0.219. The number of unbranched alkanes of at least 4 members (excludes halogenated alkanes) is 1. The summed E-state index contributed by atoms with van der Waals surface area (Å²) in [6.07, 6.45) is 2.49. The van der Waals surface area contributed by atoms with Crippen molar-refractivity contribution in [3.05, 3.63) is 0 Å². The molecule has 4 atom stereocenters. The lowest BCUT2D eigenvalue weighted by Crippen LogP contribution is -2.41. The average Bonchev–Trinajstić information content (AvgIpc) is 3.50. The molecule has 4 rings (SSSR count). The quantitative estimate of drug-likeness (QED) is 0.180. The predicted octanol–water partition coefficient (Wildman–Crippen LogP) is 3.47. The molecule has 216 valence electrons. The first kappa shape index (κ1) is 29.5. The molecule has 2 N–H and O–H groups in total. The number of anilines is 1. The van der Waals surface area contributed by atoms with Crippen LogP contribution in [0.2, 0.25) is 0 Å². The van der Waals surface area contributed by atoms with Crippen LogP contribution in [0, 0.1) is 5.92 Å². The Hall–Kier alpha value is -2.51. The van der Waals surface area contributed by atoms with Gasteiger partial charge < -0.3 is 24.8 Å². The van der Waals surface area contributed by atoms with Crippen molar-refractivity contribution in [3.63, 3.8) is 0 Å². The Labute approximate surface area is 233 Å². The maximum absolute atomic E-state index is 13.3. The second-order valence-electron chi connectivity index (χ2n) is 11.5. The fourth-order valence-electron chi connectivity index (χ4n) is 4.92. The number of aromatic nitrogens is 5. The molecule has 1 saturated heterocycles. The van der Waals surface area contributed by atoms with Crippen LogP contribution in [0.5, 0.6) is 0 Å². The van der Waals surface area contributed by atoms with Gasteiger partial charge in [0, 0.05) is 12.3 Å². The minimum Gasteiger partial charge on any atom is -0.459 e. The van der Waals surface area contributed by atoms with E-state index in [0.717, 1.165) is 31.6 Å². The fraction of sp³-hybridized carbons (Fsp3) is 0.769. The molecule has 2 aliphatic rings. The van der Waals surface area contributed by atoms with Crippen LogP contribution in [0.25, 0.3) is 11.2 Å². The molecule has 2 fully saturated rings. The third kappa shape index (κ3) is 6.98. The molecule has 2 aromatic heterocycles. The summed E-state index contributed by atoms with van der Waals surface area (Å²) in [7, 11) is 0. The number of carbonyl (C=O) groups excluding carboxylic acids is 2. The number of nitrogens with zero attached hydrogens (tertiary/aromatic N) is 5. The van der Waals surface area contributed by atoms with Crippen molar-refractivity contribution in [1.29, 1.82) is 0 Å². The highest BCUT2D eigenvalue weighted by Gasteiger charge is 2.57. The van der Waals surface area contributed by atoms with Crippen molar-refractivity contribution < 1.29 is 23.8 Å². The van der Waals surface area contributed by atoms with E-state index in [1.165, 1.54) is 0 Å². The van der Waals surface area contributed by atoms with E-state index in [2.05, 4.69) is 34.8 Å². The first-order valence-corrected chi connectivity index (χ1v) is 14.8. The minimum atomic E-state index is -0.877. The number of rotatable bonds is 11. The van der Waals surface area contributed by atoms with Gasteiger partial charge in [-0.1, -0.05) is 37.2 Å². The van der Waals surface area contributed by atoms with Gasteiger partial charge in [-0.3, -0.25) is 9.59 Å². The highest BCUT2D eigenvalue weighted by molar-refractivity contribution is 7.99. The Bertz CT molecular complexity index is 1180. The van der Waals surface area contributed by atoms with Crippen molar-refractivity contribution in [1.82, 2.24) is 30.3 Å². The number of hydrogen-bond donors (Lipinski definition) is 2. The topological polar surface area (TPSA) is 142 Å². The number of thioether (sulfide) groups is 1. The molecule has 0 aromatic carbocycles. The van der Waals surface area contributed by atoms with Gasteiger partial charge in [-0.05, 0) is 53.9 Å². The summed E-state index contributed by atoms with van der Waals surface area (Å²) in [6.45, 7) is 13.8. The zero-order chi connectivity index (χ0) is 28.4. The van der Waals surface area contributed by atoms with E-state index in [0.29, 0.717) is 28.6 Å². The maximum Gasteiger partial charge on any atom is 0.325 e. The van der Waals surface area contributed by atoms with Gasteiger partial charge in [0.15, 0.2) is 27.9 Å². The number of carbonyl (C=O) groups is 2. The summed E-state index contributed by atoms with van der Waals surface area (Å²) in [6, 6.07) is -0.346. The molecule has 1 aliphatic heterocycles. The second-order valence-corrected chi connectivity index (χ2v) is 12.5. The molecule has 2 aromatic rings. The lowest BCUT2D eigenvalue weighted by atomic mass is 10.0. The molecule has 1 saturated carbocycles. The smallest absolute Gasteiger partial charge is 0.325 e. The van der Waals surface area contributed by atoms with Crippen LogP contribution in [0.15, 0.2) is 5.16 Å². The first-order chi connectivity index (χ1) is 18.4. The Balaban J connectivity index is 1.61. The standard InChI is InChI=1S/C26H41N7O5S/c1-8-10-11-27-21-18-22(30-24(29-21)39-12-9-2)33(32-31-18)16-13-15(19-20(16)38-26(6,7)37-19)23(35)28-14-17(34)36-25(3,4)5/h15-16,19-20H,8-14H2,1-7H3,(H,28,35)(H,27,29,30)/t15-,16+,19+,20+/m0/s1. The summed E-state index contributed by atoms with van der Waals surface area (Å²) in [5.41, 5.74) is 0.542. The van der Waals surface area contributed by atoms with E-state index >= 15 is 0 Å². The van der Waals surface area contributed by atoms with Crippen LogP contribution in [-0.2, 0) is 23.8 Å². The van der Waals surface area contributed by atoms with E-state index in [4.69, 9.17) is 24.2 Å². The Morgan fingerprint density at radius 1 is 1.15 bits per heavy atom. The fourth-order valence-corrected chi connectivity index (χ4v) is 5.61. The third-order valence-electron chi connectivity index (χ3n) is 6.47. The summed E-state index contributed by atoms with van der Waals surface area (Å²) in [4.78, 5) is 35.0. The highest BCUT2D eigenvalue weighted by Crippen LogP contribution is 2.47. The van der Waals surface area contributed by atoms with Crippen LogP contribution in [-0.4, -0.2) is 79.3 Å². The molecule has 0 bridgehead atoms. The predicted molar refractivity (Wildman–Crippen MR) is 147 cm³/mol. The monoisotopic (exact) mass is 563 g/mol. The zero-order valence-electron chi connectivity index (χ0n) is 23.9. The molecule has 0 radical (unpaired) electrons. The molecule has 0 spiro atoms. The van der Waals surface area contributed by atoms with Gasteiger partial charge in [-0.15, -0.1) is 5.10 Å². The van der Waals surface area contributed by atoms with Gasteiger partial charge in [0.05, 0.1) is 12.0 Å². The molecule has 13 heteroatoms. The number of amides is 1. The van der Waals surface area contributed by atoms with Gasteiger partial charge in [0.1, 0.15) is 24.4 Å². The highest BCUT2D eigenvalue weighted by atomic mass is 32.2. The molecular weight excluding hydrogens is 522 g/mol. The molecule has 1 amide bonds. The van der Waals surface area contributed by atoms with Crippen LogP contribution in [0.4, 0.5) is 5.82 Å². The number of nitrogens with one attached hydrogen (secondary N) is 2. The molecule has 39 heavy (non-hydrogen) atoms. The van der Waals surface area contributed by atoms with Crippen molar-refractivity contribution >= 4 is 40.6 Å². The van der Waals surface area contributed by atoms with Crippen molar-refractivity contribution in [2.75, 3.05) is 24.2 Å². The Kier molecular flexibility index (Phi) is 9.01. The lowest BCUT2D eigenvalue weighted by Gasteiger charge is -2.23. The largest absolute Gasteiger partial charge is 0.459 e. The van der Waals surface area contributed by atoms with Gasteiger partial charge in [-0.2, -0.15) is 0 Å². The van der Waals surface area contributed by atoms with Crippen LogP contribution in [0.3, 0.4) is 0 Å². The molecular formula is C26H41N7O5S. The lowest BCUT2D eigenvalue weighted by molar-refractivity contribution is -0.164. The van der Waals surface area contributed by atoms with Gasteiger partial charge in [-0.25, -0.2) is 14.6 Å². The van der Waals surface area contributed by atoms with Gasteiger partial charge >= 0.3 is 5.97 Å². The first-order valence-electron chi connectivity index (χ1n) is 13.8. The third-order valence-corrected chi connectivity index (χ3v) is 7.53. The SMILES string of the molecule is CCCCNc1nc(SCCC)nc2c1nnn2[C@@H]1C[C@H](C(=O)NCC(=O)OC(C)(C)C)[C@H]2OC(C)(C)O[C@@H]21. The van der Waals surface area contributed by atoms with E-state index in [9.17, 15) is 9.59 Å². The number of ether oxygens (including phenoxy) is 3. The van der Waals surface area contributed by atoms with E-state index in [-0.39, 0.29) is 18.5 Å². The van der Waals surface area contributed by atoms with Crippen molar-refractivity contribution in [3.8, 4) is 0 Å². The molecule has 0 unspecified atom stereocenters. The summed E-state index contributed by atoms with van der Waals surface area (Å²) < 4.78 is 19.6. The average molecular weight is 564 g/mol. The van der Waals surface area contributed by atoms with Crippen LogP contribution in [0.1, 0.15) is 80.2 Å². The number of esters is 1. The Morgan fingerprint density at radius 3 is 2.59 bits per heavy atom. The van der Waals surface area contributed by atoms with Crippen molar-refractivity contribution in [2.45, 2.75) is 109 Å². The molecule has 12 nitrogen and oxygen atoms in total. The summed E-state index contributed by atoms with van der Waals surface area (Å²) in [5, 5.41) is 15.7. The number of fused-ring (bicyclic) bond motifs is 2. The second kappa shape index (κ2) is 11.9. The van der Waals surface area contributed by atoms with E-state index < -0.39 is 35.5 Å². The van der Waals surface area contributed by atoms with E-state index in [1.54, 1.807) is 37.2 Å². The van der Waals surface area contributed by atoms with E-state index in [1.807, 2.05) is 13.8 Å². The normalized spacial score (nSPS) is 24.1. The number of hydrogen-bond acceptors (Lipinski definition) is 11. The molecule has 1 aliphatic carbocycles. The van der Waals surface area contributed by atoms with Gasteiger partial charge in [0.25, 0.3) is 0 Å². The van der Waals surface area contributed by atoms with Gasteiger partial charge in [0.2, 0.25) is 5.91 Å². The molecule has 3 heterocycles. The Morgan fingerprint density at radius 2 is 1.90 bits per heavy atom. The van der Waals surface area contributed by atoms with Crippen molar-refractivity contribution in [2.24, 2.45) is 5.92 Å². The summed E-state index contributed by atoms with van der Waals surface area (Å²) in [5.74, 6) is -0.673. The zero-order valence-corrected chi connectivity index (χ0v) is 24.8. The van der Waals surface area contributed by atoms with Crippen LogP contribution >= 0.6 is 11.8 Å².